The van der Waals surface area contributed by atoms with E-state index in [4.69, 9.17) is 15.0 Å². The van der Waals surface area contributed by atoms with Crippen LogP contribution in [0.4, 0.5) is 33.2 Å². The first-order valence-electron chi connectivity index (χ1n) is 12.3. The van der Waals surface area contributed by atoms with Crippen molar-refractivity contribution in [3.8, 4) is 5.75 Å². The summed E-state index contributed by atoms with van der Waals surface area (Å²) < 4.78 is 25.1. The van der Waals surface area contributed by atoms with Gasteiger partial charge in [-0.15, -0.1) is 0 Å². The average Bonchev–Trinajstić information content (AvgIpc) is 3.35. The largest absolute Gasteiger partial charge is 0.485 e. The van der Waals surface area contributed by atoms with Gasteiger partial charge in [0.1, 0.15) is 5.75 Å². The van der Waals surface area contributed by atoms with Gasteiger partial charge < -0.3 is 35.4 Å². The van der Waals surface area contributed by atoms with Crippen LogP contribution in [0.15, 0.2) is 53.2 Å². The van der Waals surface area contributed by atoms with Crippen molar-refractivity contribution >= 4 is 34.7 Å². The van der Waals surface area contributed by atoms with Crippen LogP contribution in [-0.2, 0) is 6.61 Å². The first kappa shape index (κ1) is 25.9. The van der Waals surface area contributed by atoms with E-state index in [1.165, 1.54) is 0 Å². The number of nitrogens with two attached hydrogens (primary N) is 1. The lowest BCUT2D eigenvalue weighted by Gasteiger charge is -2.35. The second-order valence-electron chi connectivity index (χ2n) is 9.07. The van der Waals surface area contributed by atoms with Crippen LogP contribution in [0.5, 0.6) is 5.75 Å². The monoisotopic (exact) mass is 533 g/mol. The van der Waals surface area contributed by atoms with Crippen LogP contribution < -0.4 is 26.0 Å². The molecule has 0 bridgehead atoms. The Morgan fingerprint density at radius 1 is 1.08 bits per heavy atom. The second-order valence-corrected chi connectivity index (χ2v) is 9.07. The van der Waals surface area contributed by atoms with Crippen molar-refractivity contribution in [2.24, 2.45) is 5.73 Å². The molecule has 2 aromatic heterocycles. The molecule has 0 saturated carbocycles. The summed E-state index contributed by atoms with van der Waals surface area (Å²) in [5, 5.41) is 9.75. The van der Waals surface area contributed by atoms with Gasteiger partial charge in [0, 0.05) is 50.2 Å². The predicted octanol–water partition coefficient (Wildman–Crippen LogP) is 3.22. The highest BCUT2D eigenvalue weighted by molar-refractivity contribution is 6.00. The fraction of sp³-hybridized carbons (Fsp3) is 0.269. The molecule has 4 N–H and O–H groups in total. The third-order valence-corrected chi connectivity index (χ3v) is 6.16. The summed E-state index contributed by atoms with van der Waals surface area (Å²) in [6.07, 6.45) is 1.07. The molecule has 3 heterocycles. The summed E-state index contributed by atoms with van der Waals surface area (Å²) in [7, 11) is 2.06. The maximum Gasteiger partial charge on any atom is 0.250 e. The van der Waals surface area contributed by atoms with Gasteiger partial charge in [-0.1, -0.05) is 5.16 Å². The molecule has 1 aliphatic heterocycles. The number of aromatic nitrogens is 4. The molecule has 0 spiro atoms. The molecule has 202 valence electrons. The normalized spacial score (nSPS) is 13.8. The molecule has 0 radical (unpaired) electrons. The number of likely N-dealkylation sites (N-methyl/N-ethyl adjacent to an activating group) is 1. The van der Waals surface area contributed by atoms with Crippen LogP contribution in [-0.4, -0.2) is 64.1 Å². The molecule has 0 aliphatic carbocycles. The molecule has 1 fully saturated rings. The topological polar surface area (TPSA) is 148 Å². The third-order valence-electron chi connectivity index (χ3n) is 6.16. The van der Waals surface area contributed by atoms with Crippen molar-refractivity contribution in [2.75, 3.05) is 48.8 Å². The number of amides is 1. The number of primary amides is 1. The SMILES string of the molecule is Cc1nc(COc2ccc(Nc3nc(Nc4ccc(N5CCN(C)CC5)c(C(N)=O)c4)ncc3F)cc2)no1. The van der Waals surface area contributed by atoms with E-state index in [1.54, 1.807) is 37.3 Å². The number of carbonyl (C=O) groups excluding carboxylic acids is 1. The van der Waals surface area contributed by atoms with E-state index in [0.717, 1.165) is 38.1 Å². The van der Waals surface area contributed by atoms with E-state index < -0.39 is 11.7 Å². The quantitative estimate of drug-likeness (QED) is 0.291. The van der Waals surface area contributed by atoms with Gasteiger partial charge >= 0.3 is 0 Å². The molecule has 0 unspecified atom stereocenters. The minimum atomic E-state index is -0.628. The highest BCUT2D eigenvalue weighted by Gasteiger charge is 2.20. The summed E-state index contributed by atoms with van der Waals surface area (Å²) >= 11 is 0. The molecular formula is C26H28FN9O3. The van der Waals surface area contributed by atoms with Crippen molar-refractivity contribution < 1.29 is 18.4 Å². The first-order valence-corrected chi connectivity index (χ1v) is 12.3. The highest BCUT2D eigenvalue weighted by atomic mass is 19.1. The maximum absolute atomic E-state index is 14.5. The van der Waals surface area contributed by atoms with E-state index in [9.17, 15) is 9.18 Å². The van der Waals surface area contributed by atoms with Gasteiger partial charge in [0.25, 0.3) is 5.91 Å². The molecule has 12 nitrogen and oxygen atoms in total. The molecule has 4 aromatic rings. The molecule has 2 aromatic carbocycles. The van der Waals surface area contributed by atoms with Gasteiger partial charge in [-0.3, -0.25) is 4.79 Å². The fourth-order valence-electron chi connectivity index (χ4n) is 4.10. The lowest BCUT2D eigenvalue weighted by Crippen LogP contribution is -2.45. The zero-order valence-corrected chi connectivity index (χ0v) is 21.5. The molecule has 1 saturated heterocycles. The summed E-state index contributed by atoms with van der Waals surface area (Å²) in [5.41, 5.74) is 8.00. The van der Waals surface area contributed by atoms with Crippen molar-refractivity contribution in [3.05, 3.63) is 71.8 Å². The smallest absolute Gasteiger partial charge is 0.250 e. The third kappa shape index (κ3) is 6.38. The number of piperazine rings is 1. The fourth-order valence-corrected chi connectivity index (χ4v) is 4.10. The van der Waals surface area contributed by atoms with E-state index >= 15 is 0 Å². The average molecular weight is 534 g/mol. The summed E-state index contributed by atoms with van der Waals surface area (Å²) in [5.74, 6) is 0.453. The summed E-state index contributed by atoms with van der Waals surface area (Å²) in [4.78, 5) is 29.0. The number of halogens is 1. The van der Waals surface area contributed by atoms with Gasteiger partial charge in [0.05, 0.1) is 11.8 Å². The minimum absolute atomic E-state index is 0.0207. The molecule has 0 atom stereocenters. The van der Waals surface area contributed by atoms with Gasteiger partial charge in [-0.2, -0.15) is 9.97 Å². The zero-order valence-electron chi connectivity index (χ0n) is 21.5. The van der Waals surface area contributed by atoms with Gasteiger partial charge in [-0.25, -0.2) is 9.37 Å². The Morgan fingerprint density at radius 3 is 2.51 bits per heavy atom. The number of aryl methyl sites for hydroxylation is 1. The van der Waals surface area contributed by atoms with Crippen LogP contribution in [0, 0.1) is 12.7 Å². The molecule has 1 aliphatic rings. The van der Waals surface area contributed by atoms with Gasteiger partial charge in [0.2, 0.25) is 17.7 Å². The van der Waals surface area contributed by atoms with E-state index in [2.05, 4.69) is 47.6 Å². The molecule has 1 amide bonds. The van der Waals surface area contributed by atoms with E-state index in [1.807, 2.05) is 12.1 Å². The van der Waals surface area contributed by atoms with E-state index in [0.29, 0.717) is 34.4 Å². The maximum atomic E-state index is 14.5. The lowest BCUT2D eigenvalue weighted by atomic mass is 10.1. The number of hydrogen-bond donors (Lipinski definition) is 3. The molecule has 5 rings (SSSR count). The number of carbonyl (C=O) groups is 1. The van der Waals surface area contributed by atoms with Crippen LogP contribution in [0.1, 0.15) is 22.1 Å². The van der Waals surface area contributed by atoms with Crippen molar-refractivity contribution in [1.29, 1.82) is 0 Å². The Bertz CT molecular complexity index is 1450. The zero-order chi connectivity index (χ0) is 27.4. The number of hydrogen-bond acceptors (Lipinski definition) is 11. The van der Waals surface area contributed by atoms with Crippen molar-refractivity contribution in [2.45, 2.75) is 13.5 Å². The Balaban J connectivity index is 1.26. The van der Waals surface area contributed by atoms with Crippen LogP contribution >= 0.6 is 0 Å². The van der Waals surface area contributed by atoms with Gasteiger partial charge in [-0.05, 0) is 49.5 Å². The Morgan fingerprint density at radius 2 is 1.82 bits per heavy atom. The van der Waals surface area contributed by atoms with E-state index in [-0.39, 0.29) is 18.4 Å². The Hall–Kier alpha value is -4.78. The highest BCUT2D eigenvalue weighted by Crippen LogP contribution is 2.27. The van der Waals surface area contributed by atoms with Gasteiger partial charge in [0.15, 0.2) is 18.2 Å². The number of nitrogens with zero attached hydrogens (tertiary/aromatic N) is 6. The molecule has 39 heavy (non-hydrogen) atoms. The predicted molar refractivity (Wildman–Crippen MR) is 143 cm³/mol. The van der Waals surface area contributed by atoms with Crippen LogP contribution in [0.2, 0.25) is 0 Å². The first-order chi connectivity index (χ1) is 18.8. The Kier molecular flexibility index (Phi) is 7.50. The molecule has 13 heteroatoms. The standard InChI is InChI=1S/C26H28FN9O3/c1-16-30-23(34-39-16)15-38-19-6-3-17(4-7-19)31-25-21(27)14-29-26(33-25)32-18-5-8-22(20(13-18)24(28)37)36-11-9-35(2)10-12-36/h3-8,13-14H,9-12,15H2,1-2H3,(H2,28,37)(H2,29,31,32,33). The van der Waals surface area contributed by atoms with Crippen molar-refractivity contribution in [1.82, 2.24) is 25.0 Å². The van der Waals surface area contributed by atoms with Crippen LogP contribution in [0.3, 0.4) is 0 Å². The number of ether oxygens (including phenoxy) is 1. The minimum Gasteiger partial charge on any atom is -0.485 e. The number of nitrogens with one attached hydrogen (secondary N) is 2. The molecular weight excluding hydrogens is 505 g/mol. The second kappa shape index (κ2) is 11.3. The number of rotatable bonds is 9. The number of benzene rings is 2. The number of anilines is 5. The Labute approximate surface area is 224 Å². The lowest BCUT2D eigenvalue weighted by molar-refractivity contribution is 0.100. The van der Waals surface area contributed by atoms with Crippen LogP contribution in [0.25, 0.3) is 0 Å². The summed E-state index contributed by atoms with van der Waals surface area (Å²) in [6.45, 7) is 5.25. The summed E-state index contributed by atoms with van der Waals surface area (Å²) in [6, 6.07) is 12.2. The van der Waals surface area contributed by atoms with Crippen molar-refractivity contribution in [3.63, 3.8) is 0 Å².